The molecule has 0 radical (unpaired) electrons. The highest BCUT2D eigenvalue weighted by atomic mass is 15.1. The molecule has 0 fully saturated rings. The summed E-state index contributed by atoms with van der Waals surface area (Å²) in [5.74, 6) is 0. The maximum Gasteiger partial charge on any atom is 0.0540 e. The maximum absolute atomic E-state index is 3.76. The first-order valence-corrected chi connectivity index (χ1v) is 23.8. The van der Waals surface area contributed by atoms with E-state index in [1.54, 1.807) is 0 Å². The fourth-order valence-corrected chi connectivity index (χ4v) is 9.83. The van der Waals surface area contributed by atoms with E-state index in [0.717, 1.165) is 73.6 Å². The third-order valence-corrected chi connectivity index (χ3v) is 13.2. The summed E-state index contributed by atoms with van der Waals surface area (Å²) in [6.45, 7) is 0. The van der Waals surface area contributed by atoms with Crippen molar-refractivity contribution in [1.29, 1.82) is 0 Å². The summed E-state index contributed by atoms with van der Waals surface area (Å²) in [5, 5.41) is 14.7. The standard InChI is InChI=1S/C66H48N4/c1-3-22-55(23-4-1)69(65-30-14-20-48-17-8-11-27-61(48)65)57-41-36-52(37-42-57)67-51-34-32-50(33-35-51)60-45-40-54(46-64(60)63-29-13-19-47-16-7-10-26-59(47)63)68-53-38-43-58(44-39-53)70(56-24-5-2-6-25-56)66-31-15-21-49-18-9-12-28-62(49)66/h1-46,67-68H. The lowest BCUT2D eigenvalue weighted by Crippen LogP contribution is -2.10. The van der Waals surface area contributed by atoms with Crippen LogP contribution in [0.15, 0.2) is 279 Å². The molecule has 2 N–H and O–H groups in total. The highest BCUT2D eigenvalue weighted by molar-refractivity contribution is 6.03. The topological polar surface area (TPSA) is 30.5 Å². The zero-order chi connectivity index (χ0) is 46.6. The van der Waals surface area contributed by atoms with Gasteiger partial charge in [-0.25, -0.2) is 0 Å². The first-order valence-electron chi connectivity index (χ1n) is 23.8. The molecule has 0 atom stereocenters. The smallest absolute Gasteiger partial charge is 0.0540 e. The monoisotopic (exact) mass is 896 g/mol. The molecule has 12 rings (SSSR count). The van der Waals surface area contributed by atoms with Crippen molar-refractivity contribution < 1.29 is 0 Å². The molecule has 0 saturated carbocycles. The van der Waals surface area contributed by atoms with Crippen LogP contribution in [0.5, 0.6) is 0 Å². The van der Waals surface area contributed by atoms with Crippen LogP contribution in [0.2, 0.25) is 0 Å². The third-order valence-electron chi connectivity index (χ3n) is 13.2. The Morgan fingerprint density at radius 1 is 0.229 bits per heavy atom. The number of hydrogen-bond donors (Lipinski definition) is 2. The van der Waals surface area contributed by atoms with E-state index in [-0.39, 0.29) is 0 Å². The number of nitrogens with zero attached hydrogens (tertiary/aromatic N) is 2. The number of anilines is 10. The Hall–Kier alpha value is -9.38. The fraction of sp³-hybridized carbons (Fsp3) is 0. The molecule has 4 heteroatoms. The second-order valence-electron chi connectivity index (χ2n) is 17.5. The Labute approximate surface area is 409 Å². The van der Waals surface area contributed by atoms with E-state index < -0.39 is 0 Å². The SMILES string of the molecule is c1ccc(N(c2ccc(Nc3ccc(-c4ccc(Nc5ccc(N(c6ccccc6)c6cccc7ccccc67)cc5)cc4-c4cccc5ccccc45)cc3)cc2)c2cccc3ccccc23)cc1. The van der Waals surface area contributed by atoms with E-state index in [0.29, 0.717) is 0 Å². The fourth-order valence-electron chi connectivity index (χ4n) is 9.83. The van der Waals surface area contributed by atoms with Gasteiger partial charge in [0, 0.05) is 56.3 Å². The highest BCUT2D eigenvalue weighted by Gasteiger charge is 2.18. The molecule has 4 nitrogen and oxygen atoms in total. The van der Waals surface area contributed by atoms with Gasteiger partial charge in [0.05, 0.1) is 11.4 Å². The number of rotatable bonds is 12. The first kappa shape index (κ1) is 42.0. The van der Waals surface area contributed by atoms with Crippen LogP contribution in [0, 0.1) is 0 Å². The van der Waals surface area contributed by atoms with Crippen molar-refractivity contribution in [3.63, 3.8) is 0 Å². The van der Waals surface area contributed by atoms with Crippen LogP contribution in [0.3, 0.4) is 0 Å². The van der Waals surface area contributed by atoms with Gasteiger partial charge in [-0.3, -0.25) is 0 Å². The molecule has 0 aromatic heterocycles. The minimum atomic E-state index is 1.01. The summed E-state index contributed by atoms with van der Waals surface area (Å²) in [6, 6.07) is 99.6. The van der Waals surface area contributed by atoms with Crippen molar-refractivity contribution in [2.24, 2.45) is 0 Å². The maximum atomic E-state index is 3.76. The van der Waals surface area contributed by atoms with Crippen molar-refractivity contribution in [3.8, 4) is 22.3 Å². The van der Waals surface area contributed by atoms with E-state index in [1.807, 2.05) is 0 Å². The molecule has 0 aliphatic heterocycles. The summed E-state index contributed by atoms with van der Waals surface area (Å²) in [6.07, 6.45) is 0. The minimum absolute atomic E-state index is 1.01. The van der Waals surface area contributed by atoms with Crippen LogP contribution in [-0.2, 0) is 0 Å². The van der Waals surface area contributed by atoms with Gasteiger partial charge in [0.2, 0.25) is 0 Å². The molecule has 0 saturated heterocycles. The van der Waals surface area contributed by atoms with Gasteiger partial charge in [-0.15, -0.1) is 0 Å². The second-order valence-corrected chi connectivity index (χ2v) is 17.5. The first-order chi connectivity index (χ1) is 34.7. The van der Waals surface area contributed by atoms with Crippen LogP contribution in [-0.4, -0.2) is 0 Å². The Bertz CT molecular complexity index is 3740. The summed E-state index contributed by atoms with van der Waals surface area (Å²) < 4.78 is 0. The number of nitrogens with one attached hydrogen (secondary N) is 2. The van der Waals surface area contributed by atoms with E-state index in [1.165, 1.54) is 37.9 Å². The quantitative estimate of drug-likeness (QED) is 0.128. The van der Waals surface area contributed by atoms with Gasteiger partial charge in [0.1, 0.15) is 0 Å². The van der Waals surface area contributed by atoms with Gasteiger partial charge in [-0.1, -0.05) is 170 Å². The van der Waals surface area contributed by atoms with Gasteiger partial charge in [-0.2, -0.15) is 0 Å². The summed E-state index contributed by atoms with van der Waals surface area (Å²) in [7, 11) is 0. The van der Waals surface area contributed by atoms with Crippen molar-refractivity contribution >= 4 is 89.2 Å². The predicted molar refractivity (Wildman–Crippen MR) is 299 cm³/mol. The lowest BCUT2D eigenvalue weighted by Gasteiger charge is -2.27. The molecule has 0 amide bonds. The average molecular weight is 897 g/mol. The third kappa shape index (κ3) is 8.36. The molecule has 12 aromatic rings. The predicted octanol–water partition coefficient (Wildman–Crippen LogP) is 18.9. The second kappa shape index (κ2) is 18.7. The van der Waals surface area contributed by atoms with Gasteiger partial charge in [-0.05, 0) is 153 Å². The van der Waals surface area contributed by atoms with Crippen molar-refractivity contribution in [1.82, 2.24) is 0 Å². The molecular formula is C66H48N4. The van der Waals surface area contributed by atoms with E-state index in [2.05, 4.69) is 299 Å². The lowest BCUT2D eigenvalue weighted by atomic mass is 9.91. The van der Waals surface area contributed by atoms with Gasteiger partial charge in [0.25, 0.3) is 0 Å². The highest BCUT2D eigenvalue weighted by Crippen LogP contribution is 2.43. The number of fused-ring (bicyclic) bond motifs is 3. The van der Waals surface area contributed by atoms with Crippen molar-refractivity contribution in [2.75, 3.05) is 20.4 Å². The number of para-hydroxylation sites is 2. The molecule has 332 valence electrons. The number of benzene rings is 12. The van der Waals surface area contributed by atoms with E-state index in [9.17, 15) is 0 Å². The molecule has 0 heterocycles. The normalized spacial score (nSPS) is 11.1. The van der Waals surface area contributed by atoms with Crippen LogP contribution < -0.4 is 20.4 Å². The van der Waals surface area contributed by atoms with Crippen molar-refractivity contribution in [3.05, 3.63) is 279 Å². The molecule has 70 heavy (non-hydrogen) atoms. The molecule has 0 unspecified atom stereocenters. The zero-order valence-electron chi connectivity index (χ0n) is 38.5. The molecule has 0 aliphatic carbocycles. The number of hydrogen-bond acceptors (Lipinski definition) is 4. The Kier molecular flexibility index (Phi) is 11.2. The van der Waals surface area contributed by atoms with Gasteiger partial charge >= 0.3 is 0 Å². The van der Waals surface area contributed by atoms with Crippen LogP contribution in [0.25, 0.3) is 54.6 Å². The van der Waals surface area contributed by atoms with Gasteiger partial charge < -0.3 is 20.4 Å². The summed E-state index contributed by atoms with van der Waals surface area (Å²) in [5.41, 5.74) is 15.4. The molecule has 0 bridgehead atoms. The van der Waals surface area contributed by atoms with Crippen LogP contribution >= 0.6 is 0 Å². The average Bonchev–Trinajstić information content (AvgIpc) is 3.43. The van der Waals surface area contributed by atoms with Crippen molar-refractivity contribution in [2.45, 2.75) is 0 Å². The molecule has 12 aromatic carbocycles. The Balaban J connectivity index is 0.834. The van der Waals surface area contributed by atoms with Crippen LogP contribution in [0.4, 0.5) is 56.9 Å². The Morgan fingerprint density at radius 3 is 1.11 bits per heavy atom. The Morgan fingerprint density at radius 2 is 0.600 bits per heavy atom. The molecular weight excluding hydrogens is 849 g/mol. The molecule has 0 spiro atoms. The van der Waals surface area contributed by atoms with Crippen LogP contribution in [0.1, 0.15) is 0 Å². The van der Waals surface area contributed by atoms with Gasteiger partial charge in [0.15, 0.2) is 0 Å². The summed E-state index contributed by atoms with van der Waals surface area (Å²) >= 11 is 0. The minimum Gasteiger partial charge on any atom is -0.356 e. The zero-order valence-corrected chi connectivity index (χ0v) is 38.5. The van der Waals surface area contributed by atoms with E-state index in [4.69, 9.17) is 0 Å². The molecule has 0 aliphatic rings. The van der Waals surface area contributed by atoms with E-state index >= 15 is 0 Å². The largest absolute Gasteiger partial charge is 0.356 e. The lowest BCUT2D eigenvalue weighted by molar-refractivity contribution is 1.30. The summed E-state index contributed by atoms with van der Waals surface area (Å²) in [4.78, 5) is 4.67.